The van der Waals surface area contributed by atoms with Gasteiger partial charge in [0, 0.05) is 47.5 Å². The number of carboxylic acids is 1. The van der Waals surface area contributed by atoms with Gasteiger partial charge in [-0.3, -0.25) is 19.2 Å². The maximum absolute atomic E-state index is 14.3. The molecule has 2 N–H and O–H groups in total. The van der Waals surface area contributed by atoms with E-state index in [4.69, 9.17) is 16.3 Å². The molecule has 1 aromatic rings. The van der Waals surface area contributed by atoms with Crippen LogP contribution in [0, 0.1) is 56.2 Å². The van der Waals surface area contributed by atoms with Gasteiger partial charge in [0.15, 0.2) is 5.78 Å². The second kappa shape index (κ2) is 15.6. The Bertz CT molecular complexity index is 1820. The molecule has 0 aliphatic heterocycles. The number of carboxylic acid groups (broad SMARTS) is 1. The average molecular weight is 824 g/mol. The highest BCUT2D eigenvalue weighted by molar-refractivity contribution is 6.30. The lowest BCUT2D eigenvalue weighted by molar-refractivity contribution is -0.235. The van der Waals surface area contributed by atoms with Crippen molar-refractivity contribution in [2.75, 3.05) is 33.7 Å². The molecule has 6 rings (SSSR count). The summed E-state index contributed by atoms with van der Waals surface area (Å²) in [6, 6.07) is 6.92. The van der Waals surface area contributed by atoms with Gasteiger partial charge in [0.1, 0.15) is 6.10 Å². The van der Waals surface area contributed by atoms with E-state index in [0.29, 0.717) is 41.9 Å². The molecule has 0 spiro atoms. The number of carbonyl (C=O) groups excluding carboxylic acids is 3. The highest BCUT2D eigenvalue weighted by atomic mass is 35.5. The van der Waals surface area contributed by atoms with E-state index in [1.165, 1.54) is 5.57 Å². The quantitative estimate of drug-likeness (QED) is 0.200. The highest BCUT2D eigenvalue weighted by Gasteiger charge is 2.71. The van der Waals surface area contributed by atoms with Gasteiger partial charge in [-0.15, -0.1) is 0 Å². The SMILES string of the molecule is CC(C)C1=C2C3CCC4C5(C)CCC(OC(=O)CC(C)(C)C(=O)O)C(C)(C)C5CCC4(C)C3(C)CCC2(C(O)CN(CCN(C)C)C(=O)c2ccc(Cl)cc2)CC1=O. The van der Waals surface area contributed by atoms with Gasteiger partial charge >= 0.3 is 11.9 Å². The van der Waals surface area contributed by atoms with E-state index in [2.05, 4.69) is 48.5 Å². The first-order valence-corrected chi connectivity index (χ1v) is 22.3. The van der Waals surface area contributed by atoms with Crippen molar-refractivity contribution in [3.8, 4) is 0 Å². The van der Waals surface area contributed by atoms with Crippen LogP contribution in [0.5, 0.6) is 0 Å². The smallest absolute Gasteiger partial charge is 0.309 e. The highest BCUT2D eigenvalue weighted by Crippen LogP contribution is 2.77. The summed E-state index contributed by atoms with van der Waals surface area (Å²) in [5.74, 6) is -0.515. The largest absolute Gasteiger partial charge is 0.481 e. The van der Waals surface area contributed by atoms with E-state index in [1.54, 1.807) is 43.0 Å². The molecule has 4 saturated carbocycles. The van der Waals surface area contributed by atoms with E-state index in [1.807, 2.05) is 19.0 Å². The molecule has 1 aromatic carbocycles. The molecule has 0 heterocycles. The first-order valence-electron chi connectivity index (χ1n) is 21.9. The molecule has 4 fully saturated rings. The number of esters is 1. The van der Waals surface area contributed by atoms with Crippen molar-refractivity contribution >= 4 is 35.2 Å². The number of Topliss-reactive ketones (excluding diaryl/α,β-unsaturated/α-hetero) is 1. The fourth-order valence-corrected chi connectivity index (χ4v) is 13.8. The molecular formula is C48H71ClN2O7. The van der Waals surface area contributed by atoms with E-state index < -0.39 is 28.9 Å². The van der Waals surface area contributed by atoms with Crippen molar-refractivity contribution < 1.29 is 34.1 Å². The van der Waals surface area contributed by atoms with Crippen LogP contribution < -0.4 is 0 Å². The van der Waals surface area contributed by atoms with Crippen LogP contribution in [-0.2, 0) is 19.1 Å². The van der Waals surface area contributed by atoms with Crippen molar-refractivity contribution in [1.82, 2.24) is 9.80 Å². The average Bonchev–Trinajstić information content (AvgIpc) is 3.44. The van der Waals surface area contributed by atoms with Crippen LogP contribution in [0.3, 0.4) is 0 Å². The zero-order valence-corrected chi connectivity index (χ0v) is 37.9. The van der Waals surface area contributed by atoms with Gasteiger partial charge in [-0.25, -0.2) is 0 Å². The third-order valence-corrected chi connectivity index (χ3v) is 17.3. The lowest BCUT2D eigenvalue weighted by atomic mass is 9.33. The number of aliphatic hydroxyl groups excluding tert-OH is 1. The molecule has 58 heavy (non-hydrogen) atoms. The minimum absolute atomic E-state index is 0.0114. The van der Waals surface area contributed by atoms with Crippen LogP contribution in [0.15, 0.2) is 35.4 Å². The second-order valence-electron chi connectivity index (χ2n) is 21.6. The van der Waals surface area contributed by atoms with Crippen LogP contribution in [0.25, 0.3) is 0 Å². The van der Waals surface area contributed by atoms with E-state index in [9.17, 15) is 29.4 Å². The van der Waals surface area contributed by atoms with Crippen LogP contribution in [0.1, 0.15) is 137 Å². The lowest BCUT2D eigenvalue weighted by Gasteiger charge is -2.72. The van der Waals surface area contributed by atoms with Gasteiger partial charge in [0.05, 0.1) is 17.9 Å². The molecule has 5 aliphatic carbocycles. The zero-order valence-electron chi connectivity index (χ0n) is 37.2. The van der Waals surface area contributed by atoms with E-state index >= 15 is 0 Å². The number of allylic oxidation sites excluding steroid dienone is 1. The van der Waals surface area contributed by atoms with Gasteiger partial charge in [-0.05, 0) is 149 Å². The maximum Gasteiger partial charge on any atom is 0.309 e. The number of hydrogen-bond acceptors (Lipinski definition) is 7. The predicted octanol–water partition coefficient (Wildman–Crippen LogP) is 9.10. The Hall–Kier alpha value is -2.75. The number of hydrogen-bond donors (Lipinski definition) is 2. The van der Waals surface area contributed by atoms with E-state index in [-0.39, 0.29) is 70.7 Å². The summed E-state index contributed by atoms with van der Waals surface area (Å²) in [5, 5.41) is 22.9. The summed E-state index contributed by atoms with van der Waals surface area (Å²) in [7, 11) is 3.95. The molecule has 0 saturated heterocycles. The number of likely N-dealkylation sites (N-methyl/N-ethyl adjacent to an activating group) is 1. The normalized spacial score (nSPS) is 34.8. The standard InChI is InChI=1S/C48H71ClN2O7/c1-29(2)39-33(52)26-48(36(53)28-51(25-24-50(10)11)41(55)30-12-14-31(49)15-13-30)23-22-46(8)32(40(39)48)16-17-35-45(7)20-19-37(58-38(54)27-43(3,4)42(56)57)44(5,6)34(45)18-21-47(35,46)9/h12-15,29,32,34-37,53H,16-28H2,1-11H3,(H,56,57). The van der Waals surface area contributed by atoms with Gasteiger partial charge in [-0.1, -0.05) is 65.6 Å². The Kier molecular flexibility index (Phi) is 12.1. The fourth-order valence-electron chi connectivity index (χ4n) is 13.7. The van der Waals surface area contributed by atoms with Crippen molar-refractivity contribution in [2.24, 2.45) is 56.2 Å². The van der Waals surface area contributed by atoms with Crippen molar-refractivity contribution in [1.29, 1.82) is 0 Å². The molecule has 9 unspecified atom stereocenters. The minimum atomic E-state index is -1.19. The number of nitrogens with zero attached hydrogens (tertiary/aromatic N) is 2. The number of rotatable bonds is 12. The summed E-state index contributed by atoms with van der Waals surface area (Å²) >= 11 is 6.18. The Balaban J connectivity index is 1.30. The number of ether oxygens (including phenoxy) is 1. The van der Waals surface area contributed by atoms with Crippen LogP contribution in [0.4, 0.5) is 0 Å². The summed E-state index contributed by atoms with van der Waals surface area (Å²) in [6.07, 6.45) is 6.25. The Morgan fingerprint density at radius 2 is 1.55 bits per heavy atom. The zero-order chi connectivity index (χ0) is 43.0. The lowest BCUT2D eigenvalue weighted by Crippen LogP contribution is -2.66. The molecule has 0 aromatic heterocycles. The number of aliphatic carboxylic acids is 1. The molecule has 0 radical (unpaired) electrons. The molecule has 1 amide bonds. The monoisotopic (exact) mass is 822 g/mol. The Labute approximate surface area is 352 Å². The third kappa shape index (κ3) is 7.29. The Morgan fingerprint density at radius 3 is 2.16 bits per heavy atom. The van der Waals surface area contributed by atoms with Gasteiger partial charge < -0.3 is 24.7 Å². The topological polar surface area (TPSA) is 124 Å². The molecule has 9 atom stereocenters. The maximum atomic E-state index is 14.3. The number of amides is 1. The number of benzene rings is 1. The Morgan fingerprint density at radius 1 is 0.897 bits per heavy atom. The minimum Gasteiger partial charge on any atom is -0.481 e. The van der Waals surface area contributed by atoms with Gasteiger partial charge in [0.25, 0.3) is 5.91 Å². The van der Waals surface area contributed by atoms with Gasteiger partial charge in [0.2, 0.25) is 0 Å². The fraction of sp³-hybridized carbons (Fsp3) is 0.750. The first kappa shape index (κ1) is 44.8. The third-order valence-electron chi connectivity index (χ3n) is 17.1. The molecule has 0 bridgehead atoms. The molecular weight excluding hydrogens is 752 g/mol. The predicted molar refractivity (Wildman–Crippen MR) is 227 cm³/mol. The summed E-state index contributed by atoms with van der Waals surface area (Å²) < 4.78 is 6.18. The second-order valence-corrected chi connectivity index (χ2v) is 22.1. The summed E-state index contributed by atoms with van der Waals surface area (Å²) in [5.41, 5.74) is 0.320. The van der Waals surface area contributed by atoms with Crippen LogP contribution in [0.2, 0.25) is 5.02 Å². The van der Waals surface area contributed by atoms with Gasteiger partial charge in [-0.2, -0.15) is 0 Å². The van der Waals surface area contributed by atoms with Crippen LogP contribution in [-0.4, -0.2) is 89.6 Å². The molecule has 9 nitrogen and oxygen atoms in total. The van der Waals surface area contributed by atoms with Crippen molar-refractivity contribution in [3.63, 3.8) is 0 Å². The van der Waals surface area contributed by atoms with Crippen molar-refractivity contribution in [3.05, 3.63) is 46.0 Å². The number of halogens is 1. The molecule has 10 heteroatoms. The number of aliphatic hydroxyl groups is 1. The summed E-state index contributed by atoms with van der Waals surface area (Å²) in [4.78, 5) is 57.1. The number of fused-ring (bicyclic) bond motifs is 7. The number of carbonyl (C=O) groups is 4. The van der Waals surface area contributed by atoms with Crippen molar-refractivity contribution in [2.45, 2.75) is 139 Å². The summed E-state index contributed by atoms with van der Waals surface area (Å²) in [6.45, 7) is 20.6. The number of ketones is 1. The van der Waals surface area contributed by atoms with Crippen LogP contribution >= 0.6 is 11.6 Å². The molecule has 5 aliphatic rings. The molecule has 322 valence electrons. The van der Waals surface area contributed by atoms with E-state index in [0.717, 1.165) is 50.5 Å². The first-order chi connectivity index (χ1) is 26.9.